The fourth-order valence-corrected chi connectivity index (χ4v) is 2.20. The van der Waals surface area contributed by atoms with E-state index in [4.69, 9.17) is 5.11 Å². The Morgan fingerprint density at radius 2 is 1.83 bits per heavy atom. The summed E-state index contributed by atoms with van der Waals surface area (Å²) in [5, 5.41) is 8.85. The third-order valence-corrected chi connectivity index (χ3v) is 3.68. The third kappa shape index (κ3) is 4.16. The minimum atomic E-state index is -1.06. The lowest BCUT2D eigenvalue weighted by molar-refractivity contribution is 0.0695. The SMILES string of the molecule is CCCCc1ccc(N(C)C(=O)c2ccc(C(=O)O)cn2)cc1. The number of aryl methyl sites for hydroxylation is 1. The van der Waals surface area contributed by atoms with Crippen molar-refractivity contribution in [2.75, 3.05) is 11.9 Å². The first-order valence-electron chi connectivity index (χ1n) is 7.59. The molecule has 23 heavy (non-hydrogen) atoms. The Bertz CT molecular complexity index is 678. The molecular formula is C18H20N2O3. The molecular weight excluding hydrogens is 292 g/mol. The van der Waals surface area contributed by atoms with Gasteiger partial charge in [0, 0.05) is 18.9 Å². The molecule has 0 aliphatic carbocycles. The average molecular weight is 312 g/mol. The monoisotopic (exact) mass is 312 g/mol. The van der Waals surface area contributed by atoms with Gasteiger partial charge >= 0.3 is 5.97 Å². The van der Waals surface area contributed by atoms with E-state index in [9.17, 15) is 9.59 Å². The van der Waals surface area contributed by atoms with E-state index >= 15 is 0 Å². The summed E-state index contributed by atoms with van der Waals surface area (Å²) in [6.45, 7) is 2.16. The number of pyridine rings is 1. The van der Waals surface area contributed by atoms with Crippen LogP contribution in [0.25, 0.3) is 0 Å². The molecule has 0 aliphatic rings. The van der Waals surface area contributed by atoms with Crippen LogP contribution < -0.4 is 4.90 Å². The van der Waals surface area contributed by atoms with Gasteiger partial charge in [-0.15, -0.1) is 0 Å². The smallest absolute Gasteiger partial charge is 0.337 e. The van der Waals surface area contributed by atoms with Gasteiger partial charge in [-0.2, -0.15) is 0 Å². The zero-order chi connectivity index (χ0) is 16.8. The minimum absolute atomic E-state index is 0.0597. The van der Waals surface area contributed by atoms with E-state index in [-0.39, 0.29) is 17.2 Å². The molecule has 0 spiro atoms. The van der Waals surface area contributed by atoms with Gasteiger partial charge in [0.25, 0.3) is 5.91 Å². The molecule has 0 radical (unpaired) electrons. The van der Waals surface area contributed by atoms with Crippen LogP contribution in [-0.2, 0) is 6.42 Å². The van der Waals surface area contributed by atoms with Crippen LogP contribution in [0, 0.1) is 0 Å². The summed E-state index contributed by atoms with van der Waals surface area (Å²) in [4.78, 5) is 28.6. The van der Waals surface area contributed by atoms with Gasteiger partial charge in [0.2, 0.25) is 0 Å². The van der Waals surface area contributed by atoms with Crippen molar-refractivity contribution >= 4 is 17.6 Å². The van der Waals surface area contributed by atoms with Crippen LogP contribution in [0.4, 0.5) is 5.69 Å². The number of carbonyl (C=O) groups excluding carboxylic acids is 1. The molecule has 0 fully saturated rings. The summed E-state index contributed by atoms with van der Waals surface area (Å²) in [7, 11) is 1.68. The lowest BCUT2D eigenvalue weighted by Crippen LogP contribution is -2.27. The highest BCUT2D eigenvalue weighted by Crippen LogP contribution is 2.17. The van der Waals surface area contributed by atoms with Gasteiger partial charge in [0.15, 0.2) is 0 Å². The van der Waals surface area contributed by atoms with Gasteiger partial charge in [-0.25, -0.2) is 4.79 Å². The molecule has 1 heterocycles. The Morgan fingerprint density at radius 1 is 1.13 bits per heavy atom. The Morgan fingerprint density at radius 3 is 2.35 bits per heavy atom. The first-order valence-corrected chi connectivity index (χ1v) is 7.59. The zero-order valence-electron chi connectivity index (χ0n) is 13.3. The second-order valence-corrected chi connectivity index (χ2v) is 5.37. The van der Waals surface area contributed by atoms with Crippen molar-refractivity contribution < 1.29 is 14.7 Å². The molecule has 120 valence electrons. The maximum Gasteiger partial charge on any atom is 0.337 e. The predicted octanol–water partition coefficient (Wildman–Crippen LogP) is 3.40. The molecule has 5 nitrogen and oxygen atoms in total. The molecule has 2 aromatic rings. The molecule has 1 aromatic heterocycles. The number of benzene rings is 1. The first kappa shape index (κ1) is 16.7. The third-order valence-electron chi connectivity index (χ3n) is 3.68. The lowest BCUT2D eigenvalue weighted by Gasteiger charge is -2.17. The Kier molecular flexibility index (Phi) is 5.46. The van der Waals surface area contributed by atoms with Crippen LogP contribution in [-0.4, -0.2) is 29.0 Å². The van der Waals surface area contributed by atoms with E-state index in [1.165, 1.54) is 28.8 Å². The van der Waals surface area contributed by atoms with Crippen molar-refractivity contribution in [2.45, 2.75) is 26.2 Å². The fraction of sp³-hybridized carbons (Fsp3) is 0.278. The van der Waals surface area contributed by atoms with Crippen molar-refractivity contribution in [1.29, 1.82) is 0 Å². The number of unbranched alkanes of at least 4 members (excludes halogenated alkanes) is 1. The number of carboxylic acid groups (broad SMARTS) is 1. The number of hydrogen-bond donors (Lipinski definition) is 1. The predicted molar refractivity (Wildman–Crippen MR) is 89.0 cm³/mol. The minimum Gasteiger partial charge on any atom is -0.478 e. The lowest BCUT2D eigenvalue weighted by atomic mass is 10.1. The topological polar surface area (TPSA) is 70.5 Å². The maximum absolute atomic E-state index is 12.4. The molecule has 1 aromatic carbocycles. The van der Waals surface area contributed by atoms with Crippen LogP contribution in [0.3, 0.4) is 0 Å². The van der Waals surface area contributed by atoms with Crippen LogP contribution in [0.1, 0.15) is 46.2 Å². The van der Waals surface area contributed by atoms with Crippen LogP contribution in [0.15, 0.2) is 42.6 Å². The molecule has 1 amide bonds. The second kappa shape index (κ2) is 7.54. The normalized spacial score (nSPS) is 10.3. The average Bonchev–Trinajstić information content (AvgIpc) is 2.59. The Hall–Kier alpha value is -2.69. The van der Waals surface area contributed by atoms with Crippen molar-refractivity contribution in [2.24, 2.45) is 0 Å². The Labute approximate surface area is 135 Å². The molecule has 0 saturated heterocycles. The van der Waals surface area contributed by atoms with E-state index in [0.717, 1.165) is 24.9 Å². The molecule has 1 N–H and O–H groups in total. The van der Waals surface area contributed by atoms with Gasteiger partial charge in [0.1, 0.15) is 5.69 Å². The summed E-state index contributed by atoms with van der Waals surface area (Å²) < 4.78 is 0. The largest absolute Gasteiger partial charge is 0.478 e. The molecule has 0 saturated carbocycles. The number of aromatic nitrogens is 1. The molecule has 2 rings (SSSR count). The summed E-state index contributed by atoms with van der Waals surface area (Å²) in [6, 6.07) is 10.7. The number of rotatable bonds is 6. The van der Waals surface area contributed by atoms with Gasteiger partial charge < -0.3 is 10.0 Å². The van der Waals surface area contributed by atoms with Crippen LogP contribution >= 0.6 is 0 Å². The molecule has 0 bridgehead atoms. The Balaban J connectivity index is 2.10. The molecule has 5 heteroatoms. The number of hydrogen-bond acceptors (Lipinski definition) is 3. The highest BCUT2D eigenvalue weighted by molar-refractivity contribution is 6.04. The molecule has 0 aliphatic heterocycles. The van der Waals surface area contributed by atoms with E-state index in [1.807, 2.05) is 24.3 Å². The van der Waals surface area contributed by atoms with Crippen molar-refractivity contribution in [3.8, 4) is 0 Å². The van der Waals surface area contributed by atoms with E-state index < -0.39 is 5.97 Å². The first-order chi connectivity index (χ1) is 11.0. The number of carbonyl (C=O) groups is 2. The van der Waals surface area contributed by atoms with E-state index in [0.29, 0.717) is 0 Å². The summed E-state index contributed by atoms with van der Waals surface area (Å²) >= 11 is 0. The second-order valence-electron chi connectivity index (χ2n) is 5.37. The highest BCUT2D eigenvalue weighted by atomic mass is 16.4. The van der Waals surface area contributed by atoms with Crippen molar-refractivity contribution in [3.63, 3.8) is 0 Å². The number of nitrogens with zero attached hydrogens (tertiary/aromatic N) is 2. The number of aromatic carboxylic acids is 1. The van der Waals surface area contributed by atoms with Gasteiger partial charge in [-0.05, 0) is 42.7 Å². The maximum atomic E-state index is 12.4. The summed E-state index contributed by atoms with van der Waals surface area (Å²) in [6.07, 6.45) is 4.52. The zero-order valence-corrected chi connectivity index (χ0v) is 13.3. The van der Waals surface area contributed by atoms with Crippen LogP contribution in [0.5, 0.6) is 0 Å². The van der Waals surface area contributed by atoms with Crippen molar-refractivity contribution in [3.05, 3.63) is 59.4 Å². The van der Waals surface area contributed by atoms with Gasteiger partial charge in [-0.3, -0.25) is 9.78 Å². The van der Waals surface area contributed by atoms with Crippen molar-refractivity contribution in [1.82, 2.24) is 4.98 Å². The number of amides is 1. The summed E-state index contributed by atoms with van der Waals surface area (Å²) in [5.41, 5.74) is 2.30. The van der Waals surface area contributed by atoms with E-state index in [1.54, 1.807) is 7.05 Å². The van der Waals surface area contributed by atoms with Gasteiger partial charge in [-0.1, -0.05) is 25.5 Å². The fourth-order valence-electron chi connectivity index (χ4n) is 2.20. The van der Waals surface area contributed by atoms with E-state index in [2.05, 4.69) is 11.9 Å². The molecule has 0 atom stereocenters. The van der Waals surface area contributed by atoms with Gasteiger partial charge in [0.05, 0.1) is 5.56 Å². The number of carboxylic acids is 1. The standard InChI is InChI=1S/C18H20N2O3/c1-3-4-5-13-6-9-15(10-7-13)20(2)17(21)16-11-8-14(12-19-16)18(22)23/h6-12H,3-5H2,1-2H3,(H,22,23). The highest BCUT2D eigenvalue weighted by Gasteiger charge is 2.15. The quantitative estimate of drug-likeness (QED) is 0.887. The van der Waals surface area contributed by atoms with Crippen LogP contribution in [0.2, 0.25) is 0 Å². The number of anilines is 1. The molecule has 0 unspecified atom stereocenters. The summed E-state index contributed by atoms with van der Waals surface area (Å²) in [5.74, 6) is -1.34.